The number of anilines is 3. The quantitative estimate of drug-likeness (QED) is 0.574. The maximum atomic E-state index is 12.5. The summed E-state index contributed by atoms with van der Waals surface area (Å²) in [5.74, 6) is 0.527. The molecule has 0 atom stereocenters. The molecule has 5 heteroatoms. The Balaban J connectivity index is 1.89. The zero-order valence-corrected chi connectivity index (χ0v) is 15.6. The molecule has 3 aromatic rings. The van der Waals surface area contributed by atoms with E-state index in [0.717, 1.165) is 33.4 Å². The van der Waals surface area contributed by atoms with Gasteiger partial charge < -0.3 is 10.2 Å². The molecule has 27 heavy (non-hydrogen) atoms. The summed E-state index contributed by atoms with van der Waals surface area (Å²) < 4.78 is 12.5. The highest BCUT2D eigenvalue weighted by molar-refractivity contribution is 5.93. The summed E-state index contributed by atoms with van der Waals surface area (Å²) in [6.45, 7) is 5.87. The molecule has 0 radical (unpaired) electrons. The largest absolute Gasteiger partial charge is 0.372 e. The summed E-state index contributed by atoms with van der Waals surface area (Å²) in [7, 11) is 1.87. The van der Waals surface area contributed by atoms with Crippen molar-refractivity contribution in [3.8, 4) is 0 Å². The van der Waals surface area contributed by atoms with E-state index in [4.69, 9.17) is 4.98 Å². The van der Waals surface area contributed by atoms with Gasteiger partial charge in [0, 0.05) is 42.1 Å². The van der Waals surface area contributed by atoms with E-state index in [1.807, 2.05) is 79.7 Å². The number of fused-ring (bicyclic) bond motifs is 1. The first kappa shape index (κ1) is 18.6. The van der Waals surface area contributed by atoms with Gasteiger partial charge in [-0.2, -0.15) is 0 Å². The number of halogens is 1. The molecule has 0 amide bonds. The average molecular weight is 362 g/mol. The molecular formula is C22H23FN4. The highest BCUT2D eigenvalue weighted by atomic mass is 19.1. The second-order valence-electron chi connectivity index (χ2n) is 6.17. The van der Waals surface area contributed by atoms with Crippen molar-refractivity contribution in [2.75, 3.05) is 30.5 Å². The lowest BCUT2D eigenvalue weighted by Gasteiger charge is -2.17. The van der Waals surface area contributed by atoms with Gasteiger partial charge in [0.1, 0.15) is 6.67 Å². The lowest BCUT2D eigenvalue weighted by Crippen LogP contribution is -2.19. The Hall–Kier alpha value is -3.21. The van der Waals surface area contributed by atoms with Gasteiger partial charge in [-0.05, 0) is 36.8 Å². The van der Waals surface area contributed by atoms with Crippen molar-refractivity contribution in [1.82, 2.24) is 9.97 Å². The minimum Gasteiger partial charge on any atom is -0.372 e. The fourth-order valence-corrected chi connectivity index (χ4v) is 2.92. The van der Waals surface area contributed by atoms with E-state index in [-0.39, 0.29) is 6.67 Å². The number of allylic oxidation sites excluding steroid dienone is 3. The third-order valence-corrected chi connectivity index (χ3v) is 4.44. The Kier molecular flexibility index (Phi) is 5.81. The first-order valence-electron chi connectivity index (χ1n) is 8.85. The van der Waals surface area contributed by atoms with E-state index in [1.165, 1.54) is 0 Å². The SMILES string of the molecule is C=CC(=CC)c1cccc2cnc(Nc3ccc(N(C)CCF)cc3)nc12. The minimum atomic E-state index is -0.372. The van der Waals surface area contributed by atoms with Crippen LogP contribution in [-0.2, 0) is 0 Å². The van der Waals surface area contributed by atoms with Crippen molar-refractivity contribution in [3.63, 3.8) is 0 Å². The van der Waals surface area contributed by atoms with Gasteiger partial charge in [-0.15, -0.1) is 0 Å². The molecule has 138 valence electrons. The monoisotopic (exact) mass is 362 g/mol. The van der Waals surface area contributed by atoms with Crippen LogP contribution >= 0.6 is 0 Å². The van der Waals surface area contributed by atoms with E-state index < -0.39 is 0 Å². The van der Waals surface area contributed by atoms with Crippen LogP contribution in [0.1, 0.15) is 12.5 Å². The van der Waals surface area contributed by atoms with Gasteiger partial charge in [-0.1, -0.05) is 36.9 Å². The van der Waals surface area contributed by atoms with E-state index in [0.29, 0.717) is 12.5 Å². The number of alkyl halides is 1. The smallest absolute Gasteiger partial charge is 0.227 e. The van der Waals surface area contributed by atoms with Crippen LogP contribution in [0, 0.1) is 0 Å². The summed E-state index contributed by atoms with van der Waals surface area (Å²) >= 11 is 0. The van der Waals surface area contributed by atoms with Crippen LogP contribution in [-0.4, -0.2) is 30.2 Å². The van der Waals surface area contributed by atoms with Crippen LogP contribution in [0.2, 0.25) is 0 Å². The van der Waals surface area contributed by atoms with Crippen molar-refractivity contribution in [1.29, 1.82) is 0 Å². The summed E-state index contributed by atoms with van der Waals surface area (Å²) in [4.78, 5) is 11.0. The number of benzene rings is 2. The number of nitrogens with zero attached hydrogens (tertiary/aromatic N) is 3. The maximum Gasteiger partial charge on any atom is 0.227 e. The van der Waals surface area contributed by atoms with Crippen LogP contribution in [0.25, 0.3) is 16.5 Å². The number of hydrogen-bond donors (Lipinski definition) is 1. The molecule has 0 bridgehead atoms. The highest BCUT2D eigenvalue weighted by Gasteiger charge is 2.08. The number of rotatable bonds is 7. The van der Waals surface area contributed by atoms with Gasteiger partial charge in [0.25, 0.3) is 0 Å². The van der Waals surface area contributed by atoms with E-state index >= 15 is 0 Å². The van der Waals surface area contributed by atoms with Gasteiger partial charge in [0.05, 0.1) is 5.52 Å². The molecule has 0 fully saturated rings. The van der Waals surface area contributed by atoms with E-state index in [2.05, 4.69) is 16.9 Å². The molecule has 4 nitrogen and oxygen atoms in total. The molecule has 0 aliphatic rings. The minimum absolute atomic E-state index is 0.372. The van der Waals surface area contributed by atoms with E-state index in [9.17, 15) is 4.39 Å². The van der Waals surface area contributed by atoms with Gasteiger partial charge in [-0.25, -0.2) is 14.4 Å². The summed E-state index contributed by atoms with van der Waals surface area (Å²) in [5, 5.41) is 4.21. The number of hydrogen-bond acceptors (Lipinski definition) is 4. The van der Waals surface area contributed by atoms with Crippen LogP contribution in [0.15, 0.2) is 67.4 Å². The van der Waals surface area contributed by atoms with Crippen LogP contribution in [0.5, 0.6) is 0 Å². The molecule has 2 aromatic carbocycles. The standard InChI is InChI=1S/C22H23FN4/c1-4-16(5-2)20-8-6-7-17-15-24-22(26-21(17)20)25-18-9-11-19(12-10-18)27(3)14-13-23/h4-12,15H,1,13-14H2,2-3H3,(H,24,25,26). The Morgan fingerprint density at radius 3 is 2.67 bits per heavy atom. The molecule has 1 N–H and O–H groups in total. The molecule has 0 saturated carbocycles. The zero-order valence-electron chi connectivity index (χ0n) is 15.6. The molecular weight excluding hydrogens is 339 g/mol. The van der Waals surface area contributed by atoms with Gasteiger partial charge in [0.2, 0.25) is 5.95 Å². The lowest BCUT2D eigenvalue weighted by molar-refractivity contribution is 0.497. The maximum absolute atomic E-state index is 12.5. The van der Waals surface area contributed by atoms with Crippen molar-refractivity contribution in [2.24, 2.45) is 0 Å². The normalized spacial score (nSPS) is 11.4. The van der Waals surface area contributed by atoms with Crippen molar-refractivity contribution < 1.29 is 4.39 Å². The summed E-state index contributed by atoms with van der Waals surface area (Å²) in [5.41, 5.74) is 4.77. The molecule has 0 saturated heterocycles. The van der Waals surface area contributed by atoms with Crippen molar-refractivity contribution >= 4 is 33.8 Å². The fraction of sp³-hybridized carbons (Fsp3) is 0.182. The van der Waals surface area contributed by atoms with Crippen LogP contribution in [0.3, 0.4) is 0 Å². The predicted octanol–water partition coefficient (Wildman–Crippen LogP) is 5.37. The van der Waals surface area contributed by atoms with Gasteiger partial charge in [-0.3, -0.25) is 0 Å². The Bertz CT molecular complexity index is 964. The molecule has 3 rings (SSSR count). The second-order valence-corrected chi connectivity index (χ2v) is 6.17. The first-order chi connectivity index (χ1) is 13.2. The lowest BCUT2D eigenvalue weighted by atomic mass is 10.0. The second kappa shape index (κ2) is 8.45. The van der Waals surface area contributed by atoms with Crippen LogP contribution in [0.4, 0.5) is 21.7 Å². The van der Waals surface area contributed by atoms with Gasteiger partial charge >= 0.3 is 0 Å². The first-order valence-corrected chi connectivity index (χ1v) is 8.85. The topological polar surface area (TPSA) is 41.1 Å². The molecule has 0 unspecified atom stereocenters. The Morgan fingerprint density at radius 2 is 2.00 bits per heavy atom. The highest BCUT2D eigenvalue weighted by Crippen LogP contribution is 2.26. The summed E-state index contributed by atoms with van der Waals surface area (Å²) in [6, 6.07) is 13.8. The van der Waals surface area contributed by atoms with Crippen LogP contribution < -0.4 is 10.2 Å². The van der Waals surface area contributed by atoms with E-state index in [1.54, 1.807) is 0 Å². The number of nitrogens with one attached hydrogen (secondary N) is 1. The molecule has 1 aromatic heterocycles. The van der Waals surface area contributed by atoms with Crippen molar-refractivity contribution in [2.45, 2.75) is 6.92 Å². The third kappa shape index (κ3) is 4.14. The number of aromatic nitrogens is 2. The fourth-order valence-electron chi connectivity index (χ4n) is 2.92. The molecule has 0 aliphatic carbocycles. The summed E-state index contributed by atoms with van der Waals surface area (Å²) in [6.07, 6.45) is 5.66. The number of para-hydroxylation sites is 1. The Labute approximate surface area is 159 Å². The molecule has 0 aliphatic heterocycles. The van der Waals surface area contributed by atoms with Crippen molar-refractivity contribution in [3.05, 3.63) is 73.0 Å². The average Bonchev–Trinajstić information content (AvgIpc) is 2.70. The predicted molar refractivity (Wildman–Crippen MR) is 112 cm³/mol. The van der Waals surface area contributed by atoms with Gasteiger partial charge in [0.15, 0.2) is 0 Å². The zero-order chi connectivity index (χ0) is 19.2. The molecule has 1 heterocycles. The Morgan fingerprint density at radius 1 is 1.22 bits per heavy atom. The third-order valence-electron chi connectivity index (χ3n) is 4.44. The molecule has 0 spiro atoms.